The van der Waals surface area contributed by atoms with E-state index in [9.17, 15) is 4.79 Å². The zero-order chi connectivity index (χ0) is 12.8. The van der Waals surface area contributed by atoms with Crippen molar-refractivity contribution >= 4 is 17.5 Å². The van der Waals surface area contributed by atoms with Crippen molar-refractivity contribution in [3.8, 4) is 0 Å². The first kappa shape index (κ1) is 12.6. The van der Waals surface area contributed by atoms with Crippen molar-refractivity contribution in [2.24, 2.45) is 0 Å². The number of anilines is 2. The number of amides is 2. The number of aliphatic hydroxyl groups excluding tert-OH is 1. The Kier molecular flexibility index (Phi) is 4.35. The van der Waals surface area contributed by atoms with E-state index in [1.807, 2.05) is 6.07 Å². The van der Waals surface area contributed by atoms with Crippen LogP contribution in [0, 0.1) is 0 Å². The molecule has 0 unspecified atom stereocenters. The van der Waals surface area contributed by atoms with Gasteiger partial charge in [0.05, 0.1) is 12.3 Å². The number of nitrogens with one attached hydrogen (secondary N) is 2. The first-order valence-corrected chi connectivity index (χ1v) is 6.17. The molecule has 2 heterocycles. The minimum atomic E-state index is -0.322. The summed E-state index contributed by atoms with van der Waals surface area (Å²) in [6.07, 6.45) is 4.05. The van der Waals surface area contributed by atoms with Crippen LogP contribution in [0.1, 0.15) is 12.8 Å². The fraction of sp³-hybridized carbons (Fsp3) is 0.500. The van der Waals surface area contributed by atoms with Crippen molar-refractivity contribution in [3.05, 3.63) is 18.3 Å². The number of hydrogen-bond donors (Lipinski definition) is 3. The lowest BCUT2D eigenvalue weighted by atomic mass is 10.3. The maximum Gasteiger partial charge on any atom is 0.319 e. The highest BCUT2D eigenvalue weighted by molar-refractivity contribution is 5.92. The minimum absolute atomic E-state index is 0.0700. The Balaban J connectivity index is 2.05. The largest absolute Gasteiger partial charge is 0.395 e. The van der Waals surface area contributed by atoms with E-state index >= 15 is 0 Å². The van der Waals surface area contributed by atoms with Gasteiger partial charge in [0.25, 0.3) is 0 Å². The summed E-state index contributed by atoms with van der Waals surface area (Å²) < 4.78 is 0. The summed E-state index contributed by atoms with van der Waals surface area (Å²) in [6, 6.07) is 3.30. The second-order valence-electron chi connectivity index (χ2n) is 4.17. The van der Waals surface area contributed by atoms with E-state index in [0.717, 1.165) is 31.7 Å². The van der Waals surface area contributed by atoms with Gasteiger partial charge in [-0.3, -0.25) is 0 Å². The second kappa shape index (κ2) is 6.20. The molecule has 3 N–H and O–H groups in total. The number of pyridine rings is 1. The number of carbonyl (C=O) groups is 1. The first-order chi connectivity index (χ1) is 8.81. The number of nitrogens with zero attached hydrogens (tertiary/aromatic N) is 2. The molecule has 0 bridgehead atoms. The molecule has 1 fully saturated rings. The molecule has 1 aromatic heterocycles. The SMILES string of the molecule is O=C(NCCO)Nc1cccnc1N1CCCC1. The Bertz CT molecular complexity index is 405. The number of urea groups is 1. The normalized spacial score (nSPS) is 14.6. The molecule has 1 aliphatic rings. The van der Waals surface area contributed by atoms with Crippen LogP contribution < -0.4 is 15.5 Å². The Morgan fingerprint density at radius 1 is 1.44 bits per heavy atom. The molecule has 1 aliphatic heterocycles. The Morgan fingerprint density at radius 3 is 2.94 bits per heavy atom. The smallest absolute Gasteiger partial charge is 0.319 e. The molecule has 6 heteroatoms. The van der Waals surface area contributed by atoms with Crippen molar-refractivity contribution in [1.82, 2.24) is 10.3 Å². The van der Waals surface area contributed by atoms with Crippen LogP contribution in [0.2, 0.25) is 0 Å². The molecule has 0 spiro atoms. The molecule has 6 nitrogen and oxygen atoms in total. The van der Waals surface area contributed by atoms with Crippen molar-refractivity contribution in [2.45, 2.75) is 12.8 Å². The summed E-state index contributed by atoms with van der Waals surface area (Å²) in [6.45, 7) is 2.12. The van der Waals surface area contributed by atoms with Gasteiger partial charge in [-0.25, -0.2) is 9.78 Å². The number of aliphatic hydroxyl groups is 1. The molecule has 0 atom stereocenters. The lowest BCUT2D eigenvalue weighted by molar-refractivity contribution is 0.245. The molecular formula is C12H18N4O2. The third kappa shape index (κ3) is 3.10. The molecule has 98 valence electrons. The summed E-state index contributed by atoms with van der Waals surface area (Å²) in [5.74, 6) is 0.814. The average molecular weight is 250 g/mol. The van der Waals surface area contributed by atoms with Gasteiger partial charge in [0.2, 0.25) is 0 Å². The first-order valence-electron chi connectivity index (χ1n) is 6.17. The fourth-order valence-corrected chi connectivity index (χ4v) is 2.01. The molecule has 2 amide bonds. The molecule has 2 rings (SSSR count). The van der Waals surface area contributed by atoms with Crippen LogP contribution in [-0.4, -0.2) is 42.4 Å². The molecule has 0 radical (unpaired) electrons. The van der Waals surface area contributed by atoms with Crippen molar-refractivity contribution < 1.29 is 9.90 Å². The molecule has 0 aromatic carbocycles. The molecule has 18 heavy (non-hydrogen) atoms. The quantitative estimate of drug-likeness (QED) is 0.738. The Hall–Kier alpha value is -1.82. The van der Waals surface area contributed by atoms with Gasteiger partial charge in [0, 0.05) is 25.8 Å². The third-order valence-electron chi connectivity index (χ3n) is 2.84. The van der Waals surface area contributed by atoms with E-state index in [1.165, 1.54) is 0 Å². The summed E-state index contributed by atoms with van der Waals surface area (Å²) in [5, 5.41) is 14.0. The number of hydrogen-bond acceptors (Lipinski definition) is 4. The van der Waals surface area contributed by atoms with Crippen molar-refractivity contribution in [1.29, 1.82) is 0 Å². The van der Waals surface area contributed by atoms with E-state index in [2.05, 4.69) is 20.5 Å². The second-order valence-corrected chi connectivity index (χ2v) is 4.17. The summed E-state index contributed by atoms with van der Waals surface area (Å²) in [7, 11) is 0. The lowest BCUT2D eigenvalue weighted by Crippen LogP contribution is -2.32. The van der Waals surface area contributed by atoms with Crippen LogP contribution in [0.4, 0.5) is 16.3 Å². The predicted molar refractivity (Wildman–Crippen MR) is 69.8 cm³/mol. The highest BCUT2D eigenvalue weighted by Gasteiger charge is 2.17. The molecule has 1 aromatic rings. The summed E-state index contributed by atoms with van der Waals surface area (Å²) in [5.41, 5.74) is 0.704. The van der Waals surface area contributed by atoms with Crippen LogP contribution >= 0.6 is 0 Å². The van der Waals surface area contributed by atoms with Gasteiger partial charge in [0.15, 0.2) is 5.82 Å². The molecular weight excluding hydrogens is 232 g/mol. The van der Waals surface area contributed by atoms with Crippen LogP contribution in [-0.2, 0) is 0 Å². The van der Waals surface area contributed by atoms with E-state index in [1.54, 1.807) is 12.3 Å². The van der Waals surface area contributed by atoms with Gasteiger partial charge in [0.1, 0.15) is 0 Å². The van der Waals surface area contributed by atoms with Crippen molar-refractivity contribution in [2.75, 3.05) is 36.5 Å². The average Bonchev–Trinajstić information content (AvgIpc) is 2.91. The number of aromatic nitrogens is 1. The topological polar surface area (TPSA) is 77.5 Å². The minimum Gasteiger partial charge on any atom is -0.395 e. The van der Waals surface area contributed by atoms with Gasteiger partial charge >= 0.3 is 6.03 Å². The maximum absolute atomic E-state index is 11.6. The highest BCUT2D eigenvalue weighted by Crippen LogP contribution is 2.25. The maximum atomic E-state index is 11.6. The lowest BCUT2D eigenvalue weighted by Gasteiger charge is -2.19. The predicted octanol–water partition coefficient (Wildman–Crippen LogP) is 0.796. The summed E-state index contributed by atoms with van der Waals surface area (Å²) >= 11 is 0. The number of rotatable bonds is 4. The van der Waals surface area contributed by atoms with Crippen LogP contribution in [0.5, 0.6) is 0 Å². The van der Waals surface area contributed by atoms with Crippen LogP contribution in [0.3, 0.4) is 0 Å². The fourth-order valence-electron chi connectivity index (χ4n) is 2.01. The molecule has 1 saturated heterocycles. The van der Waals surface area contributed by atoms with Crippen LogP contribution in [0.15, 0.2) is 18.3 Å². The van der Waals surface area contributed by atoms with E-state index in [0.29, 0.717) is 5.69 Å². The van der Waals surface area contributed by atoms with Gasteiger partial charge in [-0.1, -0.05) is 0 Å². The van der Waals surface area contributed by atoms with E-state index in [4.69, 9.17) is 5.11 Å². The van der Waals surface area contributed by atoms with Gasteiger partial charge in [-0.05, 0) is 25.0 Å². The van der Waals surface area contributed by atoms with E-state index < -0.39 is 0 Å². The molecule has 0 aliphatic carbocycles. The third-order valence-corrected chi connectivity index (χ3v) is 2.84. The monoisotopic (exact) mass is 250 g/mol. The Labute approximate surface area is 106 Å². The van der Waals surface area contributed by atoms with Crippen molar-refractivity contribution in [3.63, 3.8) is 0 Å². The zero-order valence-corrected chi connectivity index (χ0v) is 10.2. The summed E-state index contributed by atoms with van der Waals surface area (Å²) in [4.78, 5) is 18.1. The zero-order valence-electron chi connectivity index (χ0n) is 10.2. The Morgan fingerprint density at radius 2 is 2.22 bits per heavy atom. The standard InChI is InChI=1S/C12H18N4O2/c17-9-6-14-12(18)15-10-4-3-5-13-11(10)16-7-1-2-8-16/h3-5,17H,1-2,6-9H2,(H2,14,15,18). The van der Waals surface area contributed by atoms with E-state index in [-0.39, 0.29) is 19.2 Å². The van der Waals surface area contributed by atoms with Gasteiger partial charge in [-0.2, -0.15) is 0 Å². The molecule has 0 saturated carbocycles. The van der Waals surface area contributed by atoms with Gasteiger partial charge in [-0.15, -0.1) is 0 Å². The van der Waals surface area contributed by atoms with Crippen LogP contribution in [0.25, 0.3) is 0 Å². The number of carbonyl (C=O) groups excluding carboxylic acids is 1. The highest BCUT2D eigenvalue weighted by atomic mass is 16.3. The van der Waals surface area contributed by atoms with Gasteiger partial charge < -0.3 is 20.6 Å².